The number of allylic oxidation sites excluding steroid dienone is 12. The first-order valence-electron chi connectivity index (χ1n) is 31.4. The molecule has 6 nitrogen and oxygen atoms in total. The van der Waals surface area contributed by atoms with Crippen LogP contribution in [0.2, 0.25) is 0 Å². The lowest BCUT2D eigenvalue weighted by atomic mass is 10.0. The summed E-state index contributed by atoms with van der Waals surface area (Å²) in [5.74, 6) is -0.894. The molecule has 0 rings (SSSR count). The van der Waals surface area contributed by atoms with Gasteiger partial charge in [-0.25, -0.2) is 0 Å². The van der Waals surface area contributed by atoms with Gasteiger partial charge in [-0.15, -0.1) is 0 Å². The van der Waals surface area contributed by atoms with E-state index < -0.39 is 6.10 Å². The predicted molar refractivity (Wildman–Crippen MR) is 316 cm³/mol. The van der Waals surface area contributed by atoms with Gasteiger partial charge < -0.3 is 14.2 Å². The molecule has 0 fully saturated rings. The Morgan fingerprint density at radius 3 is 0.849 bits per heavy atom. The smallest absolute Gasteiger partial charge is 0.306 e. The average molecular weight is 1020 g/mol. The largest absolute Gasteiger partial charge is 0.462 e. The zero-order valence-electron chi connectivity index (χ0n) is 48.4. The molecule has 0 radical (unpaired) electrons. The van der Waals surface area contributed by atoms with Crippen LogP contribution in [0.3, 0.4) is 0 Å². The normalized spacial score (nSPS) is 12.5. The molecule has 0 aliphatic rings. The molecule has 422 valence electrons. The minimum atomic E-state index is -0.786. The van der Waals surface area contributed by atoms with Crippen LogP contribution in [0.1, 0.15) is 316 Å². The van der Waals surface area contributed by atoms with Gasteiger partial charge in [0.05, 0.1) is 0 Å². The third kappa shape index (κ3) is 59.6. The fourth-order valence-corrected chi connectivity index (χ4v) is 9.00. The highest BCUT2D eigenvalue weighted by Crippen LogP contribution is 2.17. The van der Waals surface area contributed by atoms with E-state index in [-0.39, 0.29) is 31.1 Å². The van der Waals surface area contributed by atoms with Gasteiger partial charge in [0.25, 0.3) is 0 Å². The van der Waals surface area contributed by atoms with Crippen molar-refractivity contribution in [2.75, 3.05) is 13.2 Å². The van der Waals surface area contributed by atoms with Crippen LogP contribution in [0.15, 0.2) is 72.9 Å². The number of hydrogen-bond donors (Lipinski definition) is 0. The number of esters is 3. The Morgan fingerprint density at radius 1 is 0.288 bits per heavy atom. The second kappa shape index (κ2) is 61.4. The van der Waals surface area contributed by atoms with E-state index in [1.54, 1.807) is 0 Å². The van der Waals surface area contributed by atoms with Gasteiger partial charge in [0, 0.05) is 19.3 Å². The second-order valence-corrected chi connectivity index (χ2v) is 20.9. The summed E-state index contributed by atoms with van der Waals surface area (Å²) in [4.78, 5) is 38.3. The Balaban J connectivity index is 4.40. The van der Waals surface area contributed by atoms with Gasteiger partial charge >= 0.3 is 17.9 Å². The number of carbonyl (C=O) groups excluding carboxylic acids is 3. The lowest BCUT2D eigenvalue weighted by Gasteiger charge is -2.18. The summed E-state index contributed by atoms with van der Waals surface area (Å²) in [6.07, 6.45) is 79.0. The standard InChI is InChI=1S/C67H118O6/c1-4-7-10-13-16-19-22-25-28-31-33-34-35-37-39-42-45-48-51-54-57-60-66(69)72-63-64(62-71-65(68)59-56-53-50-47-44-41-38-30-27-24-21-18-15-12-9-6-3)73-67(70)61-58-55-52-49-46-43-40-36-32-29-26-23-20-17-14-11-8-5-2/h7,10,16,19,25,28,30,33-34,37-39,64H,4-6,8-9,11-15,17-18,20-24,26-27,29,31-32,35-36,40-63H2,1-3H3/b10-7-,19-16-,28-25-,34-33-,38-30-,39-37-. The summed E-state index contributed by atoms with van der Waals surface area (Å²) >= 11 is 0. The molecule has 1 unspecified atom stereocenters. The maximum absolute atomic E-state index is 12.9. The van der Waals surface area contributed by atoms with E-state index in [1.165, 1.54) is 161 Å². The van der Waals surface area contributed by atoms with E-state index in [1.807, 2.05) is 0 Å². The van der Waals surface area contributed by atoms with Gasteiger partial charge in [0.2, 0.25) is 0 Å². The predicted octanol–water partition coefficient (Wildman–Crippen LogP) is 21.3. The molecular weight excluding hydrogens is 901 g/mol. The van der Waals surface area contributed by atoms with Crippen LogP contribution in [0.25, 0.3) is 0 Å². The fourth-order valence-electron chi connectivity index (χ4n) is 9.00. The Kier molecular flexibility index (Phi) is 58.7. The van der Waals surface area contributed by atoms with Crippen LogP contribution in [0.5, 0.6) is 0 Å². The Labute approximate surface area is 453 Å². The first-order chi connectivity index (χ1) is 36.0. The molecule has 0 aromatic carbocycles. The molecule has 0 saturated carbocycles. The molecule has 0 aromatic rings. The van der Waals surface area contributed by atoms with E-state index in [9.17, 15) is 14.4 Å². The lowest BCUT2D eigenvalue weighted by molar-refractivity contribution is -0.167. The molecule has 0 bridgehead atoms. The highest BCUT2D eigenvalue weighted by Gasteiger charge is 2.19. The summed E-state index contributed by atoms with van der Waals surface area (Å²) in [5.41, 5.74) is 0. The molecule has 6 heteroatoms. The maximum atomic E-state index is 12.9. The SMILES string of the molecule is CC/C=C\C/C=C\C/C=C\C/C=C\C/C=C\CCCCCCCC(=O)OCC(COC(=O)CCCCCCC/C=C\CCCCCCCCC)OC(=O)CCCCCCCCCCCCCCCCCCCC. The highest BCUT2D eigenvalue weighted by atomic mass is 16.6. The van der Waals surface area contributed by atoms with Crippen molar-refractivity contribution in [2.45, 2.75) is 322 Å². The van der Waals surface area contributed by atoms with E-state index in [0.717, 1.165) is 116 Å². The first kappa shape index (κ1) is 69.8. The minimum absolute atomic E-state index is 0.0833. The molecule has 0 aromatic heterocycles. The summed E-state index contributed by atoms with van der Waals surface area (Å²) in [6.45, 7) is 6.54. The van der Waals surface area contributed by atoms with Crippen molar-refractivity contribution in [3.63, 3.8) is 0 Å². The number of unbranched alkanes of at least 4 members (excludes halogenated alkanes) is 34. The zero-order valence-corrected chi connectivity index (χ0v) is 48.4. The van der Waals surface area contributed by atoms with Crippen LogP contribution in [0.4, 0.5) is 0 Å². The topological polar surface area (TPSA) is 78.9 Å². The molecule has 73 heavy (non-hydrogen) atoms. The highest BCUT2D eigenvalue weighted by molar-refractivity contribution is 5.71. The minimum Gasteiger partial charge on any atom is -0.462 e. The van der Waals surface area contributed by atoms with Crippen molar-refractivity contribution >= 4 is 17.9 Å². The van der Waals surface area contributed by atoms with Crippen LogP contribution in [-0.4, -0.2) is 37.2 Å². The Bertz CT molecular complexity index is 1360. The van der Waals surface area contributed by atoms with E-state index >= 15 is 0 Å². The number of carbonyl (C=O) groups is 3. The quantitative estimate of drug-likeness (QED) is 0.0261. The van der Waals surface area contributed by atoms with Gasteiger partial charge in [0.15, 0.2) is 6.10 Å². The molecule has 0 amide bonds. The van der Waals surface area contributed by atoms with Crippen LogP contribution in [0, 0.1) is 0 Å². The van der Waals surface area contributed by atoms with E-state index in [2.05, 4.69) is 93.7 Å². The van der Waals surface area contributed by atoms with Gasteiger partial charge in [0.1, 0.15) is 13.2 Å². The van der Waals surface area contributed by atoms with Crippen molar-refractivity contribution in [1.29, 1.82) is 0 Å². The van der Waals surface area contributed by atoms with Gasteiger partial charge in [-0.2, -0.15) is 0 Å². The first-order valence-corrected chi connectivity index (χ1v) is 31.4. The van der Waals surface area contributed by atoms with Gasteiger partial charge in [-0.1, -0.05) is 280 Å². The second-order valence-electron chi connectivity index (χ2n) is 20.9. The summed E-state index contributed by atoms with van der Waals surface area (Å²) in [6, 6.07) is 0. The number of ether oxygens (including phenoxy) is 3. The third-order valence-electron chi connectivity index (χ3n) is 13.7. The van der Waals surface area contributed by atoms with Crippen LogP contribution < -0.4 is 0 Å². The molecule has 0 spiro atoms. The maximum Gasteiger partial charge on any atom is 0.306 e. The summed E-state index contributed by atoms with van der Waals surface area (Å²) in [7, 11) is 0. The van der Waals surface area contributed by atoms with Crippen molar-refractivity contribution in [3.05, 3.63) is 72.9 Å². The molecule has 0 heterocycles. The fraction of sp³-hybridized carbons (Fsp3) is 0.776. The monoisotopic (exact) mass is 1020 g/mol. The van der Waals surface area contributed by atoms with Crippen molar-refractivity contribution in [3.8, 4) is 0 Å². The summed E-state index contributed by atoms with van der Waals surface area (Å²) < 4.78 is 16.9. The van der Waals surface area contributed by atoms with Crippen LogP contribution >= 0.6 is 0 Å². The molecule has 1 atom stereocenters. The molecular formula is C67H118O6. The average Bonchev–Trinajstić information content (AvgIpc) is 3.39. The molecule has 0 aliphatic carbocycles. The van der Waals surface area contributed by atoms with Crippen molar-refractivity contribution < 1.29 is 28.6 Å². The van der Waals surface area contributed by atoms with Gasteiger partial charge in [-0.3, -0.25) is 14.4 Å². The number of hydrogen-bond acceptors (Lipinski definition) is 6. The van der Waals surface area contributed by atoms with Crippen molar-refractivity contribution in [2.24, 2.45) is 0 Å². The summed E-state index contributed by atoms with van der Waals surface area (Å²) in [5, 5.41) is 0. The molecule has 0 aliphatic heterocycles. The number of rotatable bonds is 57. The van der Waals surface area contributed by atoms with Gasteiger partial charge in [-0.05, 0) is 89.9 Å². The lowest BCUT2D eigenvalue weighted by Crippen LogP contribution is -2.30. The zero-order chi connectivity index (χ0) is 52.9. The Morgan fingerprint density at radius 2 is 0.534 bits per heavy atom. The van der Waals surface area contributed by atoms with E-state index in [0.29, 0.717) is 19.3 Å². The molecule has 0 N–H and O–H groups in total. The van der Waals surface area contributed by atoms with Crippen LogP contribution in [-0.2, 0) is 28.6 Å². The van der Waals surface area contributed by atoms with Crippen molar-refractivity contribution in [1.82, 2.24) is 0 Å². The Hall–Kier alpha value is -3.15. The third-order valence-corrected chi connectivity index (χ3v) is 13.7. The van der Waals surface area contributed by atoms with E-state index in [4.69, 9.17) is 14.2 Å². The molecule has 0 saturated heterocycles.